The lowest BCUT2D eigenvalue weighted by atomic mass is 9.43. The summed E-state index contributed by atoms with van der Waals surface area (Å²) in [6.45, 7) is 19.2. The zero-order valence-electron chi connectivity index (χ0n) is 12.2. The van der Waals surface area contributed by atoms with Crippen LogP contribution in [0, 0.1) is 22.7 Å². The highest BCUT2D eigenvalue weighted by atomic mass is 14.6. The van der Waals surface area contributed by atoms with Gasteiger partial charge < -0.3 is 0 Å². The first kappa shape index (κ1) is 12.0. The van der Waals surface area contributed by atoms with Crippen LogP contribution in [0.25, 0.3) is 0 Å². The molecule has 3 aliphatic carbocycles. The Morgan fingerprint density at radius 3 is 0.938 bits per heavy atom. The Morgan fingerprint density at radius 1 is 0.562 bits per heavy atom. The smallest absolute Gasteiger partial charge is 0.00636 e. The van der Waals surface area contributed by atoms with Crippen LogP contribution < -0.4 is 0 Å². The first-order chi connectivity index (χ1) is 7.14. The second kappa shape index (κ2) is 3.03. The second-order valence-corrected chi connectivity index (χ2v) is 7.04. The molecule has 0 aromatic heterocycles. The molecule has 0 aromatic carbocycles. The predicted molar refractivity (Wildman–Crippen MR) is 71.3 cm³/mol. The summed E-state index contributed by atoms with van der Waals surface area (Å²) in [6.07, 6.45) is 0. The van der Waals surface area contributed by atoms with E-state index in [1.54, 1.807) is 22.3 Å². The van der Waals surface area contributed by atoms with Gasteiger partial charge >= 0.3 is 0 Å². The summed E-state index contributed by atoms with van der Waals surface area (Å²) >= 11 is 0. The number of fused-ring (bicyclic) bond motifs is 1. The molecule has 2 bridgehead atoms. The Balaban J connectivity index is 2.75. The molecule has 0 amide bonds. The minimum atomic E-state index is 0.380. The van der Waals surface area contributed by atoms with Gasteiger partial charge in [-0.1, -0.05) is 50.0 Å². The van der Waals surface area contributed by atoms with Crippen molar-refractivity contribution in [2.75, 3.05) is 0 Å². The van der Waals surface area contributed by atoms with Crippen molar-refractivity contribution in [3.63, 3.8) is 0 Å². The van der Waals surface area contributed by atoms with Crippen LogP contribution >= 0.6 is 0 Å². The first-order valence-electron chi connectivity index (χ1n) is 6.48. The van der Waals surface area contributed by atoms with Crippen LogP contribution in [-0.4, -0.2) is 0 Å². The highest BCUT2D eigenvalue weighted by Gasteiger charge is 2.56. The average molecular weight is 218 g/mol. The van der Waals surface area contributed by atoms with Gasteiger partial charge in [-0.05, 0) is 38.5 Å². The van der Waals surface area contributed by atoms with E-state index in [0.29, 0.717) is 22.7 Å². The van der Waals surface area contributed by atoms with Crippen molar-refractivity contribution in [1.29, 1.82) is 0 Å². The van der Waals surface area contributed by atoms with E-state index < -0.39 is 0 Å². The van der Waals surface area contributed by atoms with E-state index in [9.17, 15) is 0 Å². The molecule has 0 saturated heterocycles. The van der Waals surface area contributed by atoms with E-state index in [-0.39, 0.29) is 0 Å². The molecule has 3 aliphatic rings. The van der Waals surface area contributed by atoms with Gasteiger partial charge in [0.05, 0.1) is 0 Å². The van der Waals surface area contributed by atoms with Crippen molar-refractivity contribution >= 4 is 0 Å². The topological polar surface area (TPSA) is 0 Å². The van der Waals surface area contributed by atoms with Crippen LogP contribution in [0.1, 0.15) is 55.4 Å². The molecule has 90 valence electrons. The lowest BCUT2D eigenvalue weighted by molar-refractivity contribution is 0.00673. The molecular formula is C16H26. The van der Waals surface area contributed by atoms with Crippen molar-refractivity contribution in [2.24, 2.45) is 22.7 Å². The van der Waals surface area contributed by atoms with Crippen LogP contribution in [0.2, 0.25) is 0 Å². The van der Waals surface area contributed by atoms with E-state index in [0.717, 1.165) is 0 Å². The third-order valence-corrected chi connectivity index (χ3v) is 6.08. The van der Waals surface area contributed by atoms with Crippen molar-refractivity contribution in [3.05, 3.63) is 22.3 Å². The third kappa shape index (κ3) is 1.06. The number of hydrogen-bond donors (Lipinski definition) is 0. The minimum Gasteiger partial charge on any atom is -0.0661 e. The highest BCUT2D eigenvalue weighted by Crippen LogP contribution is 2.65. The Labute approximate surface area is 101 Å². The van der Waals surface area contributed by atoms with E-state index in [1.165, 1.54) is 0 Å². The van der Waals surface area contributed by atoms with Gasteiger partial charge in [-0.15, -0.1) is 0 Å². The molecule has 0 nitrogen and oxygen atoms in total. The largest absolute Gasteiger partial charge is 0.0661 e. The van der Waals surface area contributed by atoms with Gasteiger partial charge in [-0.2, -0.15) is 0 Å². The molecule has 3 rings (SSSR count). The third-order valence-electron chi connectivity index (χ3n) is 6.08. The molecule has 0 saturated carbocycles. The van der Waals surface area contributed by atoms with Gasteiger partial charge in [-0.3, -0.25) is 0 Å². The molecule has 0 spiro atoms. The summed E-state index contributed by atoms with van der Waals surface area (Å²) in [4.78, 5) is 0. The van der Waals surface area contributed by atoms with E-state index >= 15 is 0 Å². The molecule has 0 fully saturated rings. The fourth-order valence-corrected chi connectivity index (χ4v) is 4.47. The minimum absolute atomic E-state index is 0.380. The summed E-state index contributed by atoms with van der Waals surface area (Å²) in [5.41, 5.74) is 7.31. The molecule has 0 aromatic rings. The van der Waals surface area contributed by atoms with Gasteiger partial charge in [0.15, 0.2) is 0 Å². The van der Waals surface area contributed by atoms with Gasteiger partial charge in [0.2, 0.25) is 0 Å². The summed E-state index contributed by atoms with van der Waals surface area (Å²) in [7, 11) is 0. The van der Waals surface area contributed by atoms with Crippen LogP contribution in [0.4, 0.5) is 0 Å². The molecule has 0 heterocycles. The molecule has 0 radical (unpaired) electrons. The highest BCUT2D eigenvalue weighted by molar-refractivity contribution is 5.45. The van der Waals surface area contributed by atoms with E-state index in [4.69, 9.17) is 0 Å². The van der Waals surface area contributed by atoms with E-state index in [2.05, 4.69) is 55.4 Å². The van der Waals surface area contributed by atoms with Crippen LogP contribution in [-0.2, 0) is 0 Å². The number of allylic oxidation sites excluding steroid dienone is 4. The molecule has 0 atom stereocenters. The maximum Gasteiger partial charge on any atom is 0.00636 e. The van der Waals surface area contributed by atoms with Gasteiger partial charge in [-0.25, -0.2) is 0 Å². The number of rotatable bonds is 0. The van der Waals surface area contributed by atoms with Gasteiger partial charge in [0.1, 0.15) is 0 Å². The number of hydrogen-bond acceptors (Lipinski definition) is 0. The fourth-order valence-electron chi connectivity index (χ4n) is 4.47. The maximum absolute atomic E-state index is 2.45. The summed E-state index contributed by atoms with van der Waals surface area (Å²) in [5, 5.41) is 0. The summed E-state index contributed by atoms with van der Waals surface area (Å²) in [5.74, 6) is 1.32. The standard InChI is InChI=1S/C16H26/c1-9-10(2)14-12(4)11(3)13(9)15(5,6)16(14,7)8/h13-14H,1-8H3. The van der Waals surface area contributed by atoms with Crippen LogP contribution in [0.5, 0.6) is 0 Å². The SMILES string of the molecule is CC1=C(C)C2C(C)=C(C)C1C(C)(C)C2(C)C. The Morgan fingerprint density at radius 2 is 0.750 bits per heavy atom. The Hall–Kier alpha value is -0.520. The summed E-state index contributed by atoms with van der Waals surface area (Å²) in [6, 6.07) is 0. The average Bonchev–Trinajstić information content (AvgIpc) is 2.12. The van der Waals surface area contributed by atoms with Crippen LogP contribution in [0.3, 0.4) is 0 Å². The summed E-state index contributed by atoms with van der Waals surface area (Å²) < 4.78 is 0. The molecule has 0 N–H and O–H groups in total. The Bertz CT molecular complexity index is 338. The van der Waals surface area contributed by atoms with Crippen molar-refractivity contribution in [3.8, 4) is 0 Å². The molecule has 16 heavy (non-hydrogen) atoms. The fraction of sp³-hybridized carbons (Fsp3) is 0.750. The zero-order valence-corrected chi connectivity index (χ0v) is 12.2. The van der Waals surface area contributed by atoms with E-state index in [1.807, 2.05) is 0 Å². The van der Waals surface area contributed by atoms with Crippen LogP contribution in [0.15, 0.2) is 22.3 Å². The van der Waals surface area contributed by atoms with Crippen molar-refractivity contribution < 1.29 is 0 Å². The molecular weight excluding hydrogens is 192 g/mol. The lowest BCUT2D eigenvalue weighted by Crippen LogP contribution is -2.53. The first-order valence-corrected chi connectivity index (χ1v) is 6.48. The maximum atomic E-state index is 2.45. The lowest BCUT2D eigenvalue weighted by Gasteiger charge is -2.61. The second-order valence-electron chi connectivity index (χ2n) is 7.04. The van der Waals surface area contributed by atoms with Gasteiger partial charge in [0.25, 0.3) is 0 Å². The normalized spacial score (nSPS) is 36.0. The van der Waals surface area contributed by atoms with Crippen molar-refractivity contribution in [1.82, 2.24) is 0 Å². The molecule has 0 unspecified atom stereocenters. The molecule has 0 heteroatoms. The monoisotopic (exact) mass is 218 g/mol. The predicted octanol–water partition coefficient (Wildman–Crippen LogP) is 4.97. The Kier molecular flexibility index (Phi) is 2.26. The quantitative estimate of drug-likeness (QED) is 0.503. The zero-order chi connectivity index (χ0) is 12.5. The van der Waals surface area contributed by atoms with Crippen molar-refractivity contribution in [2.45, 2.75) is 55.4 Å². The van der Waals surface area contributed by atoms with Gasteiger partial charge in [0, 0.05) is 11.8 Å². The molecule has 0 aliphatic heterocycles.